The Balaban J connectivity index is 1.28. The van der Waals surface area contributed by atoms with Gasteiger partial charge in [0, 0.05) is 42.8 Å². The highest BCUT2D eigenvalue weighted by Crippen LogP contribution is 2.37. The number of carbonyl (C=O) groups is 1. The summed E-state index contributed by atoms with van der Waals surface area (Å²) in [5.74, 6) is 0.293. The van der Waals surface area contributed by atoms with E-state index < -0.39 is 17.6 Å². The van der Waals surface area contributed by atoms with E-state index in [1.54, 1.807) is 30.6 Å². The van der Waals surface area contributed by atoms with Gasteiger partial charge in [0.05, 0.1) is 11.1 Å². The molecule has 11 heteroatoms. The molecule has 1 aromatic carbocycles. The fourth-order valence-corrected chi connectivity index (χ4v) is 5.54. The van der Waals surface area contributed by atoms with E-state index in [1.807, 2.05) is 24.1 Å². The maximum Gasteiger partial charge on any atom is 0.416 e. The van der Waals surface area contributed by atoms with Gasteiger partial charge in [0.2, 0.25) is 5.88 Å². The number of halogens is 3. The summed E-state index contributed by atoms with van der Waals surface area (Å²) < 4.78 is 47.1. The maximum atomic E-state index is 13.7. The van der Waals surface area contributed by atoms with Crippen LogP contribution in [0.25, 0.3) is 0 Å². The third-order valence-corrected chi connectivity index (χ3v) is 7.85. The number of carbonyl (C=O) groups excluding carboxylic acids is 1. The Morgan fingerprint density at radius 3 is 2.56 bits per heavy atom. The molecule has 2 atom stereocenters. The van der Waals surface area contributed by atoms with Gasteiger partial charge >= 0.3 is 6.18 Å². The van der Waals surface area contributed by atoms with Crippen LogP contribution in [-0.4, -0.2) is 65.5 Å². The number of pyridine rings is 2. The molecule has 2 aliphatic rings. The fraction of sp³-hybridized carbons (Fsp3) is 0.433. The van der Waals surface area contributed by atoms with Crippen LogP contribution >= 0.6 is 0 Å². The SMILES string of the molecule is CN1CCCC1COc1cc(CNc2ncccc2C(=O)Nc2cc(C3CCCN3C)cc(C(F)(F)F)c2)ccn1. The molecule has 41 heavy (non-hydrogen) atoms. The number of nitrogens with one attached hydrogen (secondary N) is 2. The van der Waals surface area contributed by atoms with Crippen LogP contribution in [0.2, 0.25) is 0 Å². The van der Waals surface area contributed by atoms with Crippen LogP contribution in [0, 0.1) is 0 Å². The van der Waals surface area contributed by atoms with E-state index in [0.29, 0.717) is 36.5 Å². The van der Waals surface area contributed by atoms with E-state index in [0.717, 1.165) is 50.4 Å². The molecule has 2 fully saturated rings. The summed E-state index contributed by atoms with van der Waals surface area (Å²) in [5, 5.41) is 5.85. The summed E-state index contributed by atoms with van der Waals surface area (Å²) in [6.07, 6.45) is 2.62. The zero-order valence-corrected chi connectivity index (χ0v) is 23.2. The Morgan fingerprint density at radius 1 is 1.02 bits per heavy atom. The number of hydrogen-bond donors (Lipinski definition) is 2. The Hall–Kier alpha value is -3.70. The predicted octanol–water partition coefficient (Wildman–Crippen LogP) is 5.60. The number of alkyl halides is 3. The monoisotopic (exact) mass is 568 g/mol. The molecule has 2 saturated heterocycles. The number of anilines is 2. The standard InChI is InChI=1S/C30H35F3N6O2/c1-38-12-4-6-24(38)19-41-27-14-20(9-11-34-27)18-36-28-25(7-3-10-35-28)29(40)37-23-16-21(26-8-5-13-39(26)2)15-22(17-23)30(31,32)33/h3,7,9-11,14-17,24,26H,4-6,8,12-13,18-19H2,1-2H3,(H,35,36)(H,37,40). The Morgan fingerprint density at radius 2 is 1.83 bits per heavy atom. The van der Waals surface area contributed by atoms with E-state index >= 15 is 0 Å². The van der Waals surface area contributed by atoms with Gasteiger partial charge in [-0.3, -0.25) is 9.69 Å². The van der Waals surface area contributed by atoms with Gasteiger partial charge in [0.15, 0.2) is 0 Å². The fourth-order valence-electron chi connectivity index (χ4n) is 5.54. The van der Waals surface area contributed by atoms with Crippen molar-refractivity contribution >= 4 is 17.4 Å². The molecule has 0 aliphatic carbocycles. The first-order valence-electron chi connectivity index (χ1n) is 13.9. The lowest BCUT2D eigenvalue weighted by molar-refractivity contribution is -0.137. The summed E-state index contributed by atoms with van der Waals surface area (Å²) in [6, 6.07) is 10.9. The van der Waals surface area contributed by atoms with Crippen LogP contribution in [0.3, 0.4) is 0 Å². The van der Waals surface area contributed by atoms with Gasteiger partial charge in [-0.1, -0.05) is 0 Å². The topological polar surface area (TPSA) is 82.6 Å². The Kier molecular flexibility index (Phi) is 8.74. The number of aromatic nitrogens is 2. The lowest BCUT2D eigenvalue weighted by atomic mass is 10.0. The first-order chi connectivity index (χ1) is 19.7. The lowest BCUT2D eigenvalue weighted by Gasteiger charge is -2.22. The minimum atomic E-state index is -4.53. The van der Waals surface area contributed by atoms with E-state index in [1.165, 1.54) is 6.07 Å². The third kappa shape index (κ3) is 7.15. The summed E-state index contributed by atoms with van der Waals surface area (Å²) in [4.78, 5) is 26.2. The van der Waals surface area contributed by atoms with Gasteiger partial charge in [-0.15, -0.1) is 0 Å². The van der Waals surface area contributed by atoms with Crippen molar-refractivity contribution in [2.75, 3.05) is 44.4 Å². The van der Waals surface area contributed by atoms with Gasteiger partial charge in [-0.25, -0.2) is 9.97 Å². The molecule has 8 nitrogen and oxygen atoms in total. The number of amides is 1. The van der Waals surface area contributed by atoms with Crippen molar-refractivity contribution in [3.8, 4) is 5.88 Å². The quantitative estimate of drug-likeness (QED) is 0.348. The highest BCUT2D eigenvalue weighted by atomic mass is 19.4. The van der Waals surface area contributed by atoms with Gasteiger partial charge in [-0.05, 0) is 100 Å². The van der Waals surface area contributed by atoms with Crippen LogP contribution < -0.4 is 15.4 Å². The second-order valence-corrected chi connectivity index (χ2v) is 10.8. The number of benzene rings is 1. The molecule has 218 valence electrons. The molecule has 5 rings (SSSR count). The second-order valence-electron chi connectivity index (χ2n) is 10.8. The molecule has 2 unspecified atom stereocenters. The van der Waals surface area contributed by atoms with Crippen molar-refractivity contribution in [1.82, 2.24) is 19.8 Å². The highest BCUT2D eigenvalue weighted by molar-refractivity contribution is 6.07. The molecule has 4 heterocycles. The smallest absolute Gasteiger partial charge is 0.416 e. The highest BCUT2D eigenvalue weighted by Gasteiger charge is 2.33. The van der Waals surface area contributed by atoms with Crippen LogP contribution in [0.15, 0.2) is 54.9 Å². The summed E-state index contributed by atoms with van der Waals surface area (Å²) in [5.41, 5.74) is 0.952. The molecule has 0 saturated carbocycles. The summed E-state index contributed by atoms with van der Waals surface area (Å²) >= 11 is 0. The minimum Gasteiger partial charge on any atom is -0.476 e. The van der Waals surface area contributed by atoms with Gasteiger partial charge in [-0.2, -0.15) is 13.2 Å². The molecular weight excluding hydrogens is 533 g/mol. The summed E-state index contributed by atoms with van der Waals surface area (Å²) in [7, 11) is 3.99. The number of nitrogens with zero attached hydrogens (tertiary/aromatic N) is 4. The van der Waals surface area contributed by atoms with Crippen molar-refractivity contribution in [1.29, 1.82) is 0 Å². The maximum absolute atomic E-state index is 13.7. The van der Waals surface area contributed by atoms with Crippen molar-refractivity contribution in [3.63, 3.8) is 0 Å². The molecule has 2 aromatic heterocycles. The number of hydrogen-bond acceptors (Lipinski definition) is 7. The molecule has 1 amide bonds. The number of likely N-dealkylation sites (tertiary alicyclic amines) is 2. The zero-order valence-electron chi connectivity index (χ0n) is 23.2. The van der Waals surface area contributed by atoms with E-state index in [4.69, 9.17) is 4.74 Å². The second kappa shape index (κ2) is 12.4. The van der Waals surface area contributed by atoms with Crippen LogP contribution in [0.4, 0.5) is 24.7 Å². The van der Waals surface area contributed by atoms with Gasteiger partial charge in [0.1, 0.15) is 12.4 Å². The largest absolute Gasteiger partial charge is 0.476 e. The number of rotatable bonds is 9. The van der Waals surface area contributed by atoms with Crippen LogP contribution in [0.5, 0.6) is 5.88 Å². The van der Waals surface area contributed by atoms with Crippen LogP contribution in [-0.2, 0) is 12.7 Å². The molecule has 0 bridgehead atoms. The average Bonchev–Trinajstić information content (AvgIpc) is 3.57. The number of likely N-dealkylation sites (N-methyl/N-ethyl adjacent to an activating group) is 1. The first-order valence-corrected chi connectivity index (χ1v) is 13.9. The summed E-state index contributed by atoms with van der Waals surface area (Å²) in [6.45, 7) is 2.80. The zero-order chi connectivity index (χ0) is 29.0. The van der Waals surface area contributed by atoms with Gasteiger partial charge in [0.25, 0.3) is 5.91 Å². The van der Waals surface area contributed by atoms with E-state index in [9.17, 15) is 18.0 Å². The first kappa shape index (κ1) is 28.8. The van der Waals surface area contributed by atoms with E-state index in [-0.39, 0.29) is 17.3 Å². The molecule has 2 N–H and O–H groups in total. The molecule has 0 radical (unpaired) electrons. The van der Waals surface area contributed by atoms with Crippen molar-refractivity contribution in [2.45, 2.75) is 50.5 Å². The average molecular weight is 569 g/mol. The van der Waals surface area contributed by atoms with Gasteiger partial charge < -0.3 is 20.3 Å². The van der Waals surface area contributed by atoms with Crippen LogP contribution in [0.1, 0.15) is 58.8 Å². The predicted molar refractivity (Wildman–Crippen MR) is 151 cm³/mol. The van der Waals surface area contributed by atoms with Crippen molar-refractivity contribution in [3.05, 3.63) is 77.1 Å². The van der Waals surface area contributed by atoms with Crippen molar-refractivity contribution in [2.24, 2.45) is 0 Å². The Labute approximate surface area is 237 Å². The minimum absolute atomic E-state index is 0.0961. The molecule has 0 spiro atoms. The molecule has 3 aromatic rings. The third-order valence-electron chi connectivity index (χ3n) is 7.85. The van der Waals surface area contributed by atoms with E-state index in [2.05, 4.69) is 32.5 Å². The number of ether oxygens (including phenoxy) is 1. The lowest BCUT2D eigenvalue weighted by Crippen LogP contribution is -2.30. The normalized spacial score (nSPS) is 19.8. The van der Waals surface area contributed by atoms with Crippen molar-refractivity contribution < 1.29 is 22.7 Å². The molecular formula is C30H35F3N6O2. The molecule has 2 aliphatic heterocycles. The Bertz CT molecular complexity index is 1370.